The van der Waals surface area contributed by atoms with Gasteiger partial charge in [-0.1, -0.05) is 53.2 Å². The minimum absolute atomic E-state index is 0.117. The number of benzene rings is 1. The molecular weight excluding hydrogens is 268 g/mol. The molecule has 1 rings (SSSR count). The molecule has 1 aromatic carbocycles. The predicted molar refractivity (Wildman–Crippen MR) is 70.0 cm³/mol. The quantitative estimate of drug-likeness (QED) is 0.537. The minimum Gasteiger partial charge on any atom is -0.379 e. The van der Waals surface area contributed by atoms with Crippen molar-refractivity contribution in [1.29, 1.82) is 0 Å². The SMILES string of the molecule is CCCOCCOC(CBr)c1ccccc1. The van der Waals surface area contributed by atoms with Gasteiger partial charge in [0.15, 0.2) is 0 Å². The largest absolute Gasteiger partial charge is 0.379 e. The summed E-state index contributed by atoms with van der Waals surface area (Å²) in [6.45, 7) is 4.23. The third kappa shape index (κ3) is 5.10. The summed E-state index contributed by atoms with van der Waals surface area (Å²) in [5.74, 6) is 0. The topological polar surface area (TPSA) is 18.5 Å². The summed E-state index contributed by atoms with van der Waals surface area (Å²) in [7, 11) is 0. The van der Waals surface area contributed by atoms with Crippen LogP contribution in [0.2, 0.25) is 0 Å². The second-order valence-corrected chi connectivity index (χ2v) is 4.18. The summed E-state index contributed by atoms with van der Waals surface area (Å²) in [5, 5.41) is 0.810. The van der Waals surface area contributed by atoms with Crippen LogP contribution in [0.1, 0.15) is 25.0 Å². The van der Waals surface area contributed by atoms with Gasteiger partial charge >= 0.3 is 0 Å². The molecule has 2 nitrogen and oxygen atoms in total. The van der Waals surface area contributed by atoms with Crippen molar-refractivity contribution in [3.8, 4) is 0 Å². The zero-order valence-corrected chi connectivity index (χ0v) is 11.3. The highest BCUT2D eigenvalue weighted by atomic mass is 79.9. The maximum absolute atomic E-state index is 5.75. The van der Waals surface area contributed by atoms with Crippen LogP contribution in [0.3, 0.4) is 0 Å². The molecule has 1 aromatic rings. The standard InChI is InChI=1S/C13H19BrO2/c1-2-8-15-9-10-16-13(11-14)12-6-4-3-5-7-12/h3-7,13H,2,8-11H2,1H3. The Morgan fingerprint density at radius 1 is 1.12 bits per heavy atom. The maximum atomic E-state index is 5.75. The Hall–Kier alpha value is -0.380. The van der Waals surface area contributed by atoms with E-state index in [9.17, 15) is 0 Å². The van der Waals surface area contributed by atoms with Gasteiger partial charge in [-0.3, -0.25) is 0 Å². The lowest BCUT2D eigenvalue weighted by atomic mass is 10.1. The van der Waals surface area contributed by atoms with E-state index >= 15 is 0 Å². The molecule has 0 amide bonds. The molecule has 0 heterocycles. The Morgan fingerprint density at radius 3 is 2.50 bits per heavy atom. The summed E-state index contributed by atoms with van der Waals surface area (Å²) < 4.78 is 11.1. The van der Waals surface area contributed by atoms with Crippen LogP contribution in [0.4, 0.5) is 0 Å². The molecule has 90 valence electrons. The molecule has 3 heteroatoms. The van der Waals surface area contributed by atoms with Gasteiger partial charge in [-0.25, -0.2) is 0 Å². The van der Waals surface area contributed by atoms with Crippen molar-refractivity contribution in [2.45, 2.75) is 19.4 Å². The second kappa shape index (κ2) is 8.74. The summed E-state index contributed by atoms with van der Waals surface area (Å²) in [4.78, 5) is 0. The number of rotatable bonds is 8. The summed E-state index contributed by atoms with van der Waals surface area (Å²) in [6.07, 6.45) is 1.17. The average Bonchev–Trinajstić information content (AvgIpc) is 2.35. The van der Waals surface area contributed by atoms with E-state index in [-0.39, 0.29) is 6.10 Å². The first-order valence-corrected chi connectivity index (χ1v) is 6.81. The molecule has 1 atom stereocenters. The molecule has 0 N–H and O–H groups in total. The molecule has 0 saturated carbocycles. The van der Waals surface area contributed by atoms with E-state index in [1.54, 1.807) is 0 Å². The molecule has 0 aliphatic heterocycles. The van der Waals surface area contributed by atoms with Crippen LogP contribution >= 0.6 is 15.9 Å². The molecule has 0 fully saturated rings. The van der Waals surface area contributed by atoms with Crippen LogP contribution < -0.4 is 0 Å². The Kier molecular flexibility index (Phi) is 7.47. The van der Waals surface area contributed by atoms with Gasteiger partial charge in [-0.15, -0.1) is 0 Å². The normalized spacial score (nSPS) is 12.6. The van der Waals surface area contributed by atoms with E-state index in [0.717, 1.165) is 18.4 Å². The smallest absolute Gasteiger partial charge is 0.0922 e. The molecule has 0 aliphatic rings. The van der Waals surface area contributed by atoms with Crippen molar-refractivity contribution in [2.75, 3.05) is 25.2 Å². The van der Waals surface area contributed by atoms with Gasteiger partial charge in [0, 0.05) is 11.9 Å². The molecule has 0 spiro atoms. The number of hydrogen-bond acceptors (Lipinski definition) is 2. The van der Waals surface area contributed by atoms with Crippen molar-refractivity contribution >= 4 is 15.9 Å². The summed E-state index contributed by atoms with van der Waals surface area (Å²) in [5.41, 5.74) is 1.20. The molecule has 0 aliphatic carbocycles. The zero-order valence-electron chi connectivity index (χ0n) is 9.69. The van der Waals surface area contributed by atoms with Crippen molar-refractivity contribution in [3.05, 3.63) is 35.9 Å². The lowest BCUT2D eigenvalue weighted by Crippen LogP contribution is -2.11. The molecule has 0 aromatic heterocycles. The van der Waals surface area contributed by atoms with E-state index in [0.29, 0.717) is 13.2 Å². The van der Waals surface area contributed by atoms with Crippen molar-refractivity contribution in [1.82, 2.24) is 0 Å². The first kappa shape index (κ1) is 13.7. The van der Waals surface area contributed by atoms with E-state index < -0.39 is 0 Å². The Bertz CT molecular complexity index is 264. The second-order valence-electron chi connectivity index (χ2n) is 3.54. The molecular formula is C13H19BrO2. The van der Waals surface area contributed by atoms with Gasteiger partial charge in [-0.2, -0.15) is 0 Å². The summed E-state index contributed by atoms with van der Waals surface area (Å²) >= 11 is 3.47. The van der Waals surface area contributed by atoms with E-state index in [1.165, 1.54) is 5.56 Å². The lowest BCUT2D eigenvalue weighted by Gasteiger charge is -2.15. The van der Waals surface area contributed by atoms with Crippen LogP contribution in [0.15, 0.2) is 30.3 Å². The van der Waals surface area contributed by atoms with E-state index in [1.807, 2.05) is 18.2 Å². The van der Waals surface area contributed by atoms with Crippen LogP contribution in [0.5, 0.6) is 0 Å². The van der Waals surface area contributed by atoms with Crippen molar-refractivity contribution in [3.63, 3.8) is 0 Å². The highest BCUT2D eigenvalue weighted by Gasteiger charge is 2.09. The highest BCUT2D eigenvalue weighted by Crippen LogP contribution is 2.18. The lowest BCUT2D eigenvalue weighted by molar-refractivity contribution is 0.0141. The number of halogens is 1. The van der Waals surface area contributed by atoms with Gasteiger partial charge in [0.2, 0.25) is 0 Å². The number of hydrogen-bond donors (Lipinski definition) is 0. The fraction of sp³-hybridized carbons (Fsp3) is 0.538. The van der Waals surface area contributed by atoms with E-state index in [4.69, 9.17) is 9.47 Å². The third-order valence-corrected chi connectivity index (χ3v) is 2.79. The molecule has 16 heavy (non-hydrogen) atoms. The average molecular weight is 287 g/mol. The van der Waals surface area contributed by atoms with Gasteiger partial charge in [0.05, 0.1) is 19.3 Å². The third-order valence-electron chi connectivity index (χ3n) is 2.21. The van der Waals surface area contributed by atoms with Crippen LogP contribution in [0.25, 0.3) is 0 Å². The Balaban J connectivity index is 2.27. The first-order chi connectivity index (χ1) is 7.88. The van der Waals surface area contributed by atoms with Crippen LogP contribution in [-0.2, 0) is 9.47 Å². The monoisotopic (exact) mass is 286 g/mol. The molecule has 0 saturated heterocycles. The highest BCUT2D eigenvalue weighted by molar-refractivity contribution is 9.09. The van der Waals surface area contributed by atoms with Crippen molar-refractivity contribution in [2.24, 2.45) is 0 Å². The van der Waals surface area contributed by atoms with Gasteiger partial charge in [0.1, 0.15) is 0 Å². The van der Waals surface area contributed by atoms with Gasteiger partial charge < -0.3 is 9.47 Å². The number of ether oxygens (including phenoxy) is 2. The fourth-order valence-electron chi connectivity index (χ4n) is 1.39. The van der Waals surface area contributed by atoms with Crippen LogP contribution in [-0.4, -0.2) is 25.2 Å². The maximum Gasteiger partial charge on any atom is 0.0922 e. The fourth-order valence-corrected chi connectivity index (χ4v) is 1.95. The van der Waals surface area contributed by atoms with Gasteiger partial charge in [-0.05, 0) is 12.0 Å². The Labute approximate surface area is 106 Å². The van der Waals surface area contributed by atoms with E-state index in [2.05, 4.69) is 35.0 Å². The first-order valence-electron chi connectivity index (χ1n) is 5.68. The minimum atomic E-state index is 0.117. The molecule has 0 radical (unpaired) electrons. The number of alkyl halides is 1. The van der Waals surface area contributed by atoms with Crippen molar-refractivity contribution < 1.29 is 9.47 Å². The summed E-state index contributed by atoms with van der Waals surface area (Å²) in [6, 6.07) is 10.2. The van der Waals surface area contributed by atoms with Gasteiger partial charge in [0.25, 0.3) is 0 Å². The Morgan fingerprint density at radius 2 is 1.88 bits per heavy atom. The zero-order chi connectivity index (χ0) is 11.6. The van der Waals surface area contributed by atoms with Crippen LogP contribution in [0, 0.1) is 0 Å². The predicted octanol–water partition coefficient (Wildman–Crippen LogP) is 3.57. The molecule has 1 unspecified atom stereocenters. The molecule has 0 bridgehead atoms.